The molecule has 0 radical (unpaired) electrons. The van der Waals surface area contributed by atoms with E-state index >= 15 is 0 Å². The van der Waals surface area contributed by atoms with Crippen molar-refractivity contribution in [3.05, 3.63) is 53.6 Å². The van der Waals surface area contributed by atoms with Crippen LogP contribution in [-0.4, -0.2) is 18.9 Å². The number of nitrogens with one attached hydrogen (secondary N) is 2. The standard InChI is InChI=1S/C20H21N3O3/c1-13-9-10-17(26-4)16(11-13)23-19(25)20(2,3)18(24)22-15-8-6-5-7-14(15)12-21/h5-11H,1-4H3,(H,22,24)(H,23,25). The van der Waals surface area contributed by atoms with Crippen molar-refractivity contribution < 1.29 is 14.3 Å². The molecule has 0 aromatic heterocycles. The molecule has 6 heteroatoms. The number of carbonyl (C=O) groups is 2. The Labute approximate surface area is 152 Å². The highest BCUT2D eigenvalue weighted by atomic mass is 16.5. The Morgan fingerprint density at radius 1 is 1.04 bits per heavy atom. The maximum absolute atomic E-state index is 12.7. The zero-order valence-electron chi connectivity index (χ0n) is 15.2. The van der Waals surface area contributed by atoms with Crippen molar-refractivity contribution in [1.29, 1.82) is 5.26 Å². The first-order valence-corrected chi connectivity index (χ1v) is 8.06. The molecule has 6 nitrogen and oxygen atoms in total. The van der Waals surface area contributed by atoms with Crippen molar-refractivity contribution in [3.63, 3.8) is 0 Å². The Hall–Kier alpha value is -3.33. The van der Waals surface area contributed by atoms with Crippen LogP contribution in [0.15, 0.2) is 42.5 Å². The van der Waals surface area contributed by atoms with Crippen molar-refractivity contribution >= 4 is 23.2 Å². The number of benzene rings is 2. The fourth-order valence-electron chi connectivity index (χ4n) is 2.27. The van der Waals surface area contributed by atoms with Gasteiger partial charge < -0.3 is 15.4 Å². The molecule has 0 heterocycles. The second-order valence-corrected chi connectivity index (χ2v) is 6.39. The molecule has 26 heavy (non-hydrogen) atoms. The summed E-state index contributed by atoms with van der Waals surface area (Å²) in [5.41, 5.74) is 0.783. The van der Waals surface area contributed by atoms with Gasteiger partial charge in [-0.05, 0) is 50.6 Å². The first kappa shape index (κ1) is 19.0. The fourth-order valence-corrected chi connectivity index (χ4v) is 2.27. The van der Waals surface area contributed by atoms with Crippen LogP contribution in [0.3, 0.4) is 0 Å². The van der Waals surface area contributed by atoms with Gasteiger partial charge in [0, 0.05) is 0 Å². The number of methoxy groups -OCH3 is 1. The minimum Gasteiger partial charge on any atom is -0.495 e. The largest absolute Gasteiger partial charge is 0.495 e. The molecule has 134 valence electrons. The van der Waals surface area contributed by atoms with E-state index in [9.17, 15) is 9.59 Å². The Balaban J connectivity index is 2.21. The molecule has 2 aromatic carbocycles. The van der Waals surface area contributed by atoms with E-state index in [0.717, 1.165) is 5.56 Å². The van der Waals surface area contributed by atoms with Gasteiger partial charge >= 0.3 is 0 Å². The van der Waals surface area contributed by atoms with Crippen LogP contribution in [0, 0.1) is 23.7 Å². The van der Waals surface area contributed by atoms with Gasteiger partial charge in [-0.25, -0.2) is 0 Å². The van der Waals surface area contributed by atoms with Crippen LogP contribution in [0.5, 0.6) is 5.75 Å². The molecular weight excluding hydrogens is 330 g/mol. The van der Waals surface area contributed by atoms with Crippen LogP contribution in [0.1, 0.15) is 25.0 Å². The number of nitriles is 1. The van der Waals surface area contributed by atoms with Gasteiger partial charge in [-0.3, -0.25) is 9.59 Å². The van der Waals surface area contributed by atoms with Gasteiger partial charge in [0.1, 0.15) is 17.2 Å². The molecule has 0 aliphatic carbocycles. The zero-order valence-corrected chi connectivity index (χ0v) is 15.2. The Kier molecular flexibility index (Phi) is 5.63. The second kappa shape index (κ2) is 7.70. The van der Waals surface area contributed by atoms with Gasteiger partial charge in [0.15, 0.2) is 0 Å². The van der Waals surface area contributed by atoms with Crippen LogP contribution < -0.4 is 15.4 Å². The lowest BCUT2D eigenvalue weighted by Gasteiger charge is -2.23. The highest BCUT2D eigenvalue weighted by Gasteiger charge is 2.36. The zero-order chi connectivity index (χ0) is 19.3. The highest BCUT2D eigenvalue weighted by Crippen LogP contribution is 2.28. The number of nitrogens with zero attached hydrogens (tertiary/aromatic N) is 1. The SMILES string of the molecule is COc1ccc(C)cc1NC(=O)C(C)(C)C(=O)Nc1ccccc1C#N. The lowest BCUT2D eigenvalue weighted by molar-refractivity contribution is -0.135. The Morgan fingerprint density at radius 2 is 1.65 bits per heavy atom. The molecule has 0 aliphatic rings. The number of aryl methyl sites for hydroxylation is 1. The maximum Gasteiger partial charge on any atom is 0.239 e. The quantitative estimate of drug-likeness (QED) is 0.807. The molecule has 2 aromatic rings. The average molecular weight is 351 g/mol. The van der Waals surface area contributed by atoms with Crippen LogP contribution in [0.25, 0.3) is 0 Å². The predicted molar refractivity (Wildman–Crippen MR) is 99.9 cm³/mol. The van der Waals surface area contributed by atoms with Crippen LogP contribution in [0.2, 0.25) is 0 Å². The fraction of sp³-hybridized carbons (Fsp3) is 0.250. The first-order valence-electron chi connectivity index (χ1n) is 8.06. The van der Waals surface area contributed by atoms with Gasteiger partial charge in [-0.2, -0.15) is 5.26 Å². The van der Waals surface area contributed by atoms with E-state index < -0.39 is 17.2 Å². The third kappa shape index (κ3) is 4.01. The smallest absolute Gasteiger partial charge is 0.239 e. The number of carbonyl (C=O) groups excluding carboxylic acids is 2. The number of ether oxygens (including phenoxy) is 1. The van der Waals surface area contributed by atoms with Gasteiger partial charge in [0.2, 0.25) is 11.8 Å². The number of anilines is 2. The van der Waals surface area contributed by atoms with Gasteiger partial charge in [0.25, 0.3) is 0 Å². The van der Waals surface area contributed by atoms with Crippen molar-refractivity contribution in [2.24, 2.45) is 5.41 Å². The summed E-state index contributed by atoms with van der Waals surface area (Å²) in [7, 11) is 1.51. The number of rotatable bonds is 5. The molecule has 0 bridgehead atoms. The van der Waals surface area contributed by atoms with E-state index in [0.29, 0.717) is 22.7 Å². The van der Waals surface area contributed by atoms with Crippen molar-refractivity contribution in [1.82, 2.24) is 0 Å². The molecule has 0 fully saturated rings. The Bertz CT molecular complexity index is 882. The summed E-state index contributed by atoms with van der Waals surface area (Å²) in [6.45, 7) is 4.94. The van der Waals surface area contributed by atoms with Crippen molar-refractivity contribution in [3.8, 4) is 11.8 Å². The minimum atomic E-state index is -1.36. The van der Waals surface area contributed by atoms with E-state index in [4.69, 9.17) is 10.00 Å². The number of amides is 2. The monoisotopic (exact) mass is 351 g/mol. The first-order chi connectivity index (χ1) is 12.3. The van der Waals surface area contributed by atoms with Crippen LogP contribution in [-0.2, 0) is 9.59 Å². The van der Waals surface area contributed by atoms with E-state index in [-0.39, 0.29) is 0 Å². The van der Waals surface area contributed by atoms with E-state index in [2.05, 4.69) is 10.6 Å². The number of hydrogen-bond acceptors (Lipinski definition) is 4. The summed E-state index contributed by atoms with van der Waals surface area (Å²) in [5.74, 6) is -0.479. The molecule has 0 saturated heterocycles. The van der Waals surface area contributed by atoms with Crippen LogP contribution in [0.4, 0.5) is 11.4 Å². The number of hydrogen-bond donors (Lipinski definition) is 2. The minimum absolute atomic E-state index is 0.331. The maximum atomic E-state index is 12.7. The summed E-state index contributed by atoms with van der Waals surface area (Å²) in [4.78, 5) is 25.4. The molecule has 2 rings (SSSR count). The molecule has 0 aliphatic heterocycles. The molecule has 2 N–H and O–H groups in total. The van der Waals surface area contributed by atoms with Crippen LogP contribution >= 0.6 is 0 Å². The molecule has 0 atom stereocenters. The third-order valence-electron chi connectivity index (χ3n) is 4.03. The van der Waals surface area contributed by atoms with E-state index in [1.54, 1.807) is 36.4 Å². The van der Waals surface area contributed by atoms with Crippen molar-refractivity contribution in [2.45, 2.75) is 20.8 Å². The molecule has 0 unspecified atom stereocenters. The second-order valence-electron chi connectivity index (χ2n) is 6.39. The van der Waals surface area contributed by atoms with Gasteiger partial charge in [-0.1, -0.05) is 18.2 Å². The molecular formula is C20H21N3O3. The Morgan fingerprint density at radius 3 is 2.27 bits per heavy atom. The van der Waals surface area contributed by atoms with E-state index in [1.165, 1.54) is 21.0 Å². The van der Waals surface area contributed by atoms with Gasteiger partial charge in [0.05, 0.1) is 24.0 Å². The third-order valence-corrected chi connectivity index (χ3v) is 4.03. The summed E-state index contributed by atoms with van der Waals surface area (Å²) in [5, 5.41) is 14.5. The highest BCUT2D eigenvalue weighted by molar-refractivity contribution is 6.14. The average Bonchev–Trinajstić information content (AvgIpc) is 2.62. The van der Waals surface area contributed by atoms with Gasteiger partial charge in [-0.15, -0.1) is 0 Å². The summed E-state index contributed by atoms with van der Waals surface area (Å²) < 4.78 is 5.25. The molecule has 0 saturated carbocycles. The number of para-hydroxylation sites is 1. The summed E-state index contributed by atoms with van der Waals surface area (Å²) in [6.07, 6.45) is 0. The predicted octanol–water partition coefficient (Wildman–Crippen LogP) is 3.48. The summed E-state index contributed by atoms with van der Waals surface area (Å²) in [6, 6.07) is 14.0. The topological polar surface area (TPSA) is 91.2 Å². The lowest BCUT2D eigenvalue weighted by atomic mass is 9.90. The molecule has 0 spiro atoms. The summed E-state index contributed by atoms with van der Waals surface area (Å²) >= 11 is 0. The lowest BCUT2D eigenvalue weighted by Crippen LogP contribution is -2.41. The van der Waals surface area contributed by atoms with E-state index in [1.807, 2.05) is 19.1 Å². The van der Waals surface area contributed by atoms with Crippen molar-refractivity contribution in [2.75, 3.05) is 17.7 Å². The normalized spacial score (nSPS) is 10.6. The molecule has 2 amide bonds.